The van der Waals surface area contributed by atoms with E-state index in [1.807, 2.05) is 43.3 Å². The third-order valence-electron chi connectivity index (χ3n) is 8.11. The zero-order chi connectivity index (χ0) is 22.2. The van der Waals surface area contributed by atoms with Gasteiger partial charge in [0.15, 0.2) is 0 Å². The van der Waals surface area contributed by atoms with Crippen LogP contribution in [0.3, 0.4) is 0 Å². The molecular formula is C26H37N5O. The Morgan fingerprint density at radius 1 is 1.16 bits per heavy atom. The van der Waals surface area contributed by atoms with Crippen LogP contribution in [0.2, 0.25) is 0 Å². The molecule has 4 unspecified atom stereocenters. The summed E-state index contributed by atoms with van der Waals surface area (Å²) in [6.07, 6.45) is 7.72. The molecule has 172 valence electrons. The summed E-state index contributed by atoms with van der Waals surface area (Å²) in [5.41, 5.74) is 4.58. The zero-order valence-corrected chi connectivity index (χ0v) is 19.8. The molecule has 3 aliphatic heterocycles. The monoisotopic (exact) mass is 435 g/mol. The highest BCUT2D eigenvalue weighted by Crippen LogP contribution is 2.43. The molecule has 1 aromatic carbocycles. The largest absolute Gasteiger partial charge is 0.378 e. The van der Waals surface area contributed by atoms with E-state index in [0.717, 1.165) is 37.3 Å². The number of aryl methyl sites for hydroxylation is 1. The van der Waals surface area contributed by atoms with Gasteiger partial charge in [-0.05, 0) is 68.5 Å². The van der Waals surface area contributed by atoms with Gasteiger partial charge in [-0.1, -0.05) is 12.8 Å². The summed E-state index contributed by atoms with van der Waals surface area (Å²) < 4.78 is 2.16. The van der Waals surface area contributed by atoms with E-state index in [9.17, 15) is 4.79 Å². The fraction of sp³-hybridized carbons (Fsp3) is 0.615. The standard InChI is InChI=1S/C26H37N5O/c1-29(2)21-10-8-19(9-11-21)26(32)27-16-22-14-20-12-13-31(22)17-23(20)25-15-24(28-30(25)3)18-6-4-5-7-18/h8-11,15,18,20,22-23H,4-7,12-14,16-17H2,1-3H3,(H,27,32). The van der Waals surface area contributed by atoms with Crippen LogP contribution >= 0.6 is 0 Å². The van der Waals surface area contributed by atoms with Gasteiger partial charge >= 0.3 is 0 Å². The van der Waals surface area contributed by atoms with E-state index in [-0.39, 0.29) is 5.91 Å². The Morgan fingerprint density at radius 2 is 1.91 bits per heavy atom. The number of benzene rings is 1. The summed E-state index contributed by atoms with van der Waals surface area (Å²) in [5, 5.41) is 8.12. The molecule has 4 heterocycles. The van der Waals surface area contributed by atoms with Crippen molar-refractivity contribution in [2.45, 2.75) is 56.4 Å². The quantitative estimate of drug-likeness (QED) is 0.751. The number of amides is 1. The number of hydrogen-bond donors (Lipinski definition) is 1. The second-order valence-electron chi connectivity index (χ2n) is 10.3. The van der Waals surface area contributed by atoms with Crippen molar-refractivity contribution >= 4 is 11.6 Å². The van der Waals surface area contributed by atoms with E-state index in [1.165, 1.54) is 43.5 Å². The van der Waals surface area contributed by atoms with E-state index in [4.69, 9.17) is 5.10 Å². The fourth-order valence-corrected chi connectivity index (χ4v) is 6.18. The number of anilines is 1. The average Bonchev–Trinajstić information content (AvgIpc) is 3.48. The minimum atomic E-state index is 0.0299. The smallest absolute Gasteiger partial charge is 0.251 e. The highest BCUT2D eigenvalue weighted by molar-refractivity contribution is 5.94. The fourth-order valence-electron chi connectivity index (χ4n) is 6.18. The van der Waals surface area contributed by atoms with Crippen LogP contribution in [0, 0.1) is 5.92 Å². The lowest BCUT2D eigenvalue weighted by Gasteiger charge is -2.50. The molecule has 6 nitrogen and oxygen atoms in total. The molecule has 1 N–H and O–H groups in total. The van der Waals surface area contributed by atoms with Crippen molar-refractivity contribution in [1.82, 2.24) is 20.0 Å². The second kappa shape index (κ2) is 8.89. The third-order valence-corrected chi connectivity index (χ3v) is 8.11. The van der Waals surface area contributed by atoms with Gasteiger partial charge in [-0.25, -0.2) is 0 Å². The van der Waals surface area contributed by atoms with Crippen molar-refractivity contribution in [2.75, 3.05) is 38.6 Å². The molecule has 2 bridgehead atoms. The molecule has 32 heavy (non-hydrogen) atoms. The Balaban J connectivity index is 1.20. The highest BCUT2D eigenvalue weighted by atomic mass is 16.1. The van der Waals surface area contributed by atoms with Crippen LogP contribution < -0.4 is 10.2 Å². The number of nitrogens with one attached hydrogen (secondary N) is 1. The maximum atomic E-state index is 12.7. The van der Waals surface area contributed by atoms with Crippen molar-refractivity contribution in [1.29, 1.82) is 0 Å². The molecule has 0 spiro atoms. The number of carbonyl (C=O) groups excluding carboxylic acids is 1. The summed E-state index contributed by atoms with van der Waals surface area (Å²) in [6.45, 7) is 2.97. The van der Waals surface area contributed by atoms with Crippen LogP contribution in [0.1, 0.15) is 72.1 Å². The van der Waals surface area contributed by atoms with Gasteiger partial charge in [-0.15, -0.1) is 0 Å². The molecule has 4 fully saturated rings. The number of piperidine rings is 3. The van der Waals surface area contributed by atoms with Crippen LogP contribution in [0.25, 0.3) is 0 Å². The van der Waals surface area contributed by atoms with Crippen LogP contribution in [-0.4, -0.2) is 60.4 Å². The van der Waals surface area contributed by atoms with Crippen LogP contribution in [0.4, 0.5) is 5.69 Å². The predicted molar refractivity (Wildman–Crippen MR) is 128 cm³/mol. The maximum Gasteiger partial charge on any atom is 0.251 e. The lowest BCUT2D eigenvalue weighted by Crippen LogP contribution is -2.56. The number of rotatable bonds is 6. The summed E-state index contributed by atoms with van der Waals surface area (Å²) >= 11 is 0. The van der Waals surface area contributed by atoms with Crippen molar-refractivity contribution in [3.05, 3.63) is 47.3 Å². The highest BCUT2D eigenvalue weighted by Gasteiger charge is 2.42. The number of aromatic nitrogens is 2. The van der Waals surface area contributed by atoms with Crippen molar-refractivity contribution < 1.29 is 4.79 Å². The summed E-state index contributed by atoms with van der Waals surface area (Å²) in [6, 6.07) is 10.7. The van der Waals surface area contributed by atoms with Crippen LogP contribution in [0.5, 0.6) is 0 Å². The third kappa shape index (κ3) is 4.17. The molecule has 2 aromatic rings. The van der Waals surface area contributed by atoms with E-state index >= 15 is 0 Å². The summed E-state index contributed by atoms with van der Waals surface area (Å²) in [4.78, 5) is 17.3. The van der Waals surface area contributed by atoms with Crippen molar-refractivity contribution in [3.63, 3.8) is 0 Å². The molecule has 0 radical (unpaired) electrons. The molecule has 4 aliphatic rings. The minimum absolute atomic E-state index is 0.0299. The normalized spacial score (nSPS) is 27.6. The molecule has 3 saturated heterocycles. The van der Waals surface area contributed by atoms with Gasteiger partial charge in [-0.2, -0.15) is 5.10 Å². The zero-order valence-electron chi connectivity index (χ0n) is 19.8. The number of carbonyl (C=O) groups is 1. The lowest BCUT2D eigenvalue weighted by atomic mass is 9.74. The SMILES string of the molecule is CN(C)c1ccc(C(=O)NCC2CC3CCN2CC3c2cc(C3CCCC3)nn2C)cc1. The topological polar surface area (TPSA) is 53.4 Å². The van der Waals surface area contributed by atoms with Gasteiger partial charge < -0.3 is 10.2 Å². The van der Waals surface area contributed by atoms with Crippen LogP contribution in [-0.2, 0) is 7.05 Å². The molecule has 4 atom stereocenters. The van der Waals surface area contributed by atoms with Gasteiger partial charge in [0.2, 0.25) is 0 Å². The maximum absolute atomic E-state index is 12.7. The van der Waals surface area contributed by atoms with Crippen LogP contribution in [0.15, 0.2) is 30.3 Å². The van der Waals surface area contributed by atoms with Gasteiger partial charge in [0.1, 0.15) is 0 Å². The van der Waals surface area contributed by atoms with Gasteiger partial charge in [0.05, 0.1) is 5.69 Å². The Bertz CT molecular complexity index is 944. The Hall–Kier alpha value is -2.34. The van der Waals surface area contributed by atoms with Gasteiger partial charge in [0.25, 0.3) is 5.91 Å². The van der Waals surface area contributed by atoms with E-state index in [2.05, 4.69) is 28.0 Å². The lowest BCUT2D eigenvalue weighted by molar-refractivity contribution is 0.0280. The van der Waals surface area contributed by atoms with Gasteiger partial charge in [0, 0.05) is 69.1 Å². The average molecular weight is 436 g/mol. The van der Waals surface area contributed by atoms with E-state index < -0.39 is 0 Å². The molecular weight excluding hydrogens is 398 g/mol. The van der Waals surface area contributed by atoms with E-state index in [1.54, 1.807) is 0 Å². The number of fused-ring (bicyclic) bond motifs is 3. The molecule has 1 aliphatic carbocycles. The number of hydrogen-bond acceptors (Lipinski definition) is 4. The molecule has 1 amide bonds. The summed E-state index contributed by atoms with van der Waals surface area (Å²) in [5.74, 6) is 1.96. The molecule has 6 rings (SSSR count). The minimum Gasteiger partial charge on any atom is -0.378 e. The first-order valence-electron chi connectivity index (χ1n) is 12.3. The Morgan fingerprint density at radius 3 is 2.56 bits per heavy atom. The van der Waals surface area contributed by atoms with Crippen molar-refractivity contribution in [2.24, 2.45) is 13.0 Å². The Kier molecular flexibility index (Phi) is 5.97. The molecule has 6 heteroatoms. The second-order valence-corrected chi connectivity index (χ2v) is 10.3. The Labute approximate surface area is 192 Å². The van der Waals surface area contributed by atoms with E-state index in [0.29, 0.717) is 23.8 Å². The van der Waals surface area contributed by atoms with Crippen molar-refractivity contribution in [3.8, 4) is 0 Å². The van der Waals surface area contributed by atoms with Gasteiger partial charge in [-0.3, -0.25) is 14.4 Å². The first-order chi connectivity index (χ1) is 15.5. The summed E-state index contributed by atoms with van der Waals surface area (Å²) in [7, 11) is 6.15. The molecule has 1 saturated carbocycles. The molecule has 1 aromatic heterocycles. The predicted octanol–water partition coefficient (Wildman–Crippen LogP) is 3.75. The first-order valence-corrected chi connectivity index (χ1v) is 12.3. The number of nitrogens with zero attached hydrogens (tertiary/aromatic N) is 4. The first kappa shape index (κ1) is 21.5.